The van der Waals surface area contributed by atoms with Crippen LogP contribution in [0.15, 0.2) is 30.3 Å². The van der Waals surface area contributed by atoms with Crippen molar-refractivity contribution in [3.63, 3.8) is 0 Å². The highest BCUT2D eigenvalue weighted by Gasteiger charge is 2.63. The zero-order valence-electron chi connectivity index (χ0n) is 13.9. The predicted molar refractivity (Wildman–Crippen MR) is 86.4 cm³/mol. The van der Waals surface area contributed by atoms with Crippen LogP contribution in [-0.4, -0.2) is 21.1 Å². The largest absolute Gasteiger partial charge is 0.493 e. The summed E-state index contributed by atoms with van der Waals surface area (Å²) in [7, 11) is -2.67. The van der Waals surface area contributed by atoms with E-state index < -0.39 is 8.56 Å². The normalized spacial score (nSPS) is 22.8. The van der Waals surface area contributed by atoms with Crippen LogP contribution >= 0.6 is 0 Å². The molecule has 1 unspecified atom stereocenters. The molecule has 0 aliphatic carbocycles. The second-order valence-electron chi connectivity index (χ2n) is 7.81. The average Bonchev–Trinajstić information content (AvgIpc) is 2.37. The molecule has 1 aliphatic heterocycles. The summed E-state index contributed by atoms with van der Waals surface area (Å²) in [6, 6.07) is 9.74. The van der Waals surface area contributed by atoms with Gasteiger partial charge in [-0.1, -0.05) is 71.9 Å². The van der Waals surface area contributed by atoms with Crippen molar-refractivity contribution in [2.45, 2.75) is 57.5 Å². The van der Waals surface area contributed by atoms with Crippen molar-refractivity contribution in [2.75, 3.05) is 6.61 Å². The molecule has 1 aliphatic rings. The molecule has 0 aromatic heterocycles. The van der Waals surface area contributed by atoms with Gasteiger partial charge in [0.15, 0.2) is 0 Å². The zero-order chi connectivity index (χ0) is 15.9. The molecule has 1 heterocycles. The van der Waals surface area contributed by atoms with Gasteiger partial charge in [-0.2, -0.15) is 0 Å². The molecule has 0 N–H and O–H groups in total. The molecule has 21 heavy (non-hydrogen) atoms. The lowest BCUT2D eigenvalue weighted by atomic mass is 10.0. The molecule has 4 heteroatoms. The zero-order valence-corrected chi connectivity index (χ0v) is 14.9. The molecule has 0 spiro atoms. The van der Waals surface area contributed by atoms with Gasteiger partial charge in [0.2, 0.25) is 0 Å². The SMILES string of the molecule is CC(C)(C)[Si]1(C(C)(C)C)OCC(c2ccccc2)C(=O)O1. The first-order chi connectivity index (χ1) is 9.58. The highest BCUT2D eigenvalue weighted by molar-refractivity contribution is 6.75. The Labute approximate surface area is 128 Å². The maximum absolute atomic E-state index is 12.6. The maximum Gasteiger partial charge on any atom is 0.412 e. The summed E-state index contributed by atoms with van der Waals surface area (Å²) >= 11 is 0. The van der Waals surface area contributed by atoms with Gasteiger partial charge in [0.05, 0.1) is 6.61 Å². The monoisotopic (exact) mass is 306 g/mol. The average molecular weight is 306 g/mol. The molecule has 116 valence electrons. The summed E-state index contributed by atoms with van der Waals surface area (Å²) in [4.78, 5) is 12.6. The summed E-state index contributed by atoms with van der Waals surface area (Å²) in [6.07, 6.45) is 0. The Morgan fingerprint density at radius 2 is 1.52 bits per heavy atom. The predicted octanol–water partition coefficient (Wildman–Crippen LogP) is 4.39. The molecular weight excluding hydrogens is 280 g/mol. The molecule has 1 aromatic carbocycles. The topological polar surface area (TPSA) is 35.5 Å². The van der Waals surface area contributed by atoms with E-state index >= 15 is 0 Å². The smallest absolute Gasteiger partial charge is 0.412 e. The Balaban J connectivity index is 2.32. The molecule has 0 amide bonds. The van der Waals surface area contributed by atoms with Gasteiger partial charge in [-0.05, 0) is 5.56 Å². The van der Waals surface area contributed by atoms with E-state index in [0.29, 0.717) is 6.61 Å². The van der Waals surface area contributed by atoms with Crippen molar-refractivity contribution < 1.29 is 13.6 Å². The Kier molecular flexibility index (Phi) is 4.06. The van der Waals surface area contributed by atoms with Gasteiger partial charge in [-0.25, -0.2) is 0 Å². The van der Waals surface area contributed by atoms with Gasteiger partial charge in [0, 0.05) is 10.1 Å². The van der Waals surface area contributed by atoms with E-state index in [-0.39, 0.29) is 22.0 Å². The molecule has 3 nitrogen and oxygen atoms in total. The number of rotatable bonds is 1. The lowest BCUT2D eigenvalue weighted by molar-refractivity contribution is -0.145. The fourth-order valence-corrected chi connectivity index (χ4v) is 7.91. The van der Waals surface area contributed by atoms with E-state index in [1.165, 1.54) is 0 Å². The van der Waals surface area contributed by atoms with Crippen LogP contribution in [0.5, 0.6) is 0 Å². The Hall–Kier alpha value is -1.13. The number of hydrogen-bond donors (Lipinski definition) is 0. The molecule has 0 bridgehead atoms. The van der Waals surface area contributed by atoms with Crippen LogP contribution in [0.1, 0.15) is 53.0 Å². The van der Waals surface area contributed by atoms with E-state index in [4.69, 9.17) is 8.85 Å². The molecule has 1 fully saturated rings. The summed E-state index contributed by atoms with van der Waals surface area (Å²) in [5, 5.41) is -0.328. The van der Waals surface area contributed by atoms with E-state index in [1.807, 2.05) is 30.3 Å². The Morgan fingerprint density at radius 3 is 1.95 bits per heavy atom. The second kappa shape index (κ2) is 5.25. The fourth-order valence-electron chi connectivity index (χ4n) is 3.29. The maximum atomic E-state index is 12.6. The van der Waals surface area contributed by atoms with Gasteiger partial charge in [0.25, 0.3) is 0 Å². The minimum atomic E-state index is -2.67. The first-order valence-corrected chi connectivity index (χ1v) is 9.32. The third kappa shape index (κ3) is 2.79. The van der Waals surface area contributed by atoms with Crippen LogP contribution in [0.4, 0.5) is 0 Å². The lowest BCUT2D eigenvalue weighted by Crippen LogP contribution is -2.62. The summed E-state index contributed by atoms with van der Waals surface area (Å²) in [5.74, 6) is -0.444. The minimum Gasteiger partial charge on any atom is -0.493 e. The van der Waals surface area contributed by atoms with Gasteiger partial charge >= 0.3 is 14.5 Å². The molecule has 1 aromatic rings. The van der Waals surface area contributed by atoms with Gasteiger partial charge in [0.1, 0.15) is 5.92 Å². The Bertz CT molecular complexity index is 497. The van der Waals surface area contributed by atoms with Crippen LogP contribution in [0.25, 0.3) is 0 Å². The van der Waals surface area contributed by atoms with E-state index in [1.54, 1.807) is 0 Å². The van der Waals surface area contributed by atoms with Gasteiger partial charge < -0.3 is 8.85 Å². The summed E-state index contributed by atoms with van der Waals surface area (Å²) in [6.45, 7) is 13.1. The molecular formula is C17H26O3Si. The van der Waals surface area contributed by atoms with Gasteiger partial charge in [-0.15, -0.1) is 0 Å². The minimum absolute atomic E-state index is 0.135. The van der Waals surface area contributed by atoms with Gasteiger partial charge in [-0.3, -0.25) is 4.79 Å². The molecule has 1 atom stereocenters. The highest BCUT2D eigenvalue weighted by atomic mass is 28.4. The van der Waals surface area contributed by atoms with E-state index in [9.17, 15) is 4.79 Å². The Morgan fingerprint density at radius 1 is 1.00 bits per heavy atom. The van der Waals surface area contributed by atoms with Crippen LogP contribution in [0, 0.1) is 0 Å². The molecule has 0 saturated carbocycles. The van der Waals surface area contributed by atoms with Crippen molar-refractivity contribution in [1.82, 2.24) is 0 Å². The van der Waals surface area contributed by atoms with Crippen molar-refractivity contribution in [3.05, 3.63) is 35.9 Å². The van der Waals surface area contributed by atoms with Crippen molar-refractivity contribution >= 4 is 14.5 Å². The lowest BCUT2D eigenvalue weighted by Gasteiger charge is -2.51. The summed E-state index contributed by atoms with van der Waals surface area (Å²) in [5.41, 5.74) is 0.966. The first kappa shape index (κ1) is 16.2. The quantitative estimate of drug-likeness (QED) is 0.722. The van der Waals surface area contributed by atoms with E-state index in [0.717, 1.165) is 5.56 Å². The van der Waals surface area contributed by atoms with Crippen molar-refractivity contribution in [1.29, 1.82) is 0 Å². The number of carbonyl (C=O) groups is 1. The van der Waals surface area contributed by atoms with E-state index in [2.05, 4.69) is 41.5 Å². The molecule has 2 rings (SSSR count). The highest BCUT2D eigenvalue weighted by Crippen LogP contribution is 2.54. The fraction of sp³-hybridized carbons (Fsp3) is 0.588. The van der Waals surface area contributed by atoms with Crippen LogP contribution in [0.2, 0.25) is 10.1 Å². The third-order valence-electron chi connectivity index (χ3n) is 4.16. The first-order valence-electron chi connectivity index (χ1n) is 7.50. The standard InChI is InChI=1S/C17H26O3Si/c1-16(2,3)21(17(4,5)6)19-12-14(15(18)20-21)13-10-8-7-9-11-13/h7-11,14H,12H2,1-6H3. The van der Waals surface area contributed by atoms with Crippen LogP contribution < -0.4 is 0 Å². The van der Waals surface area contributed by atoms with Crippen LogP contribution in [-0.2, 0) is 13.6 Å². The second-order valence-corrected chi connectivity index (χ2v) is 12.5. The third-order valence-corrected chi connectivity index (χ3v) is 9.17. The van der Waals surface area contributed by atoms with Crippen molar-refractivity contribution in [3.8, 4) is 0 Å². The number of hydrogen-bond acceptors (Lipinski definition) is 3. The molecule has 0 radical (unpaired) electrons. The van der Waals surface area contributed by atoms with Crippen molar-refractivity contribution in [2.24, 2.45) is 0 Å². The number of carbonyl (C=O) groups excluding carboxylic acids is 1. The molecule has 1 saturated heterocycles. The number of benzene rings is 1. The summed E-state index contributed by atoms with van der Waals surface area (Å²) < 4.78 is 12.4. The van der Waals surface area contributed by atoms with Crippen LogP contribution in [0.3, 0.4) is 0 Å².